The molecule has 0 aromatic heterocycles. The summed E-state index contributed by atoms with van der Waals surface area (Å²) in [6.45, 7) is 2.23. The molecule has 0 N–H and O–H groups in total. The minimum Gasteiger partial charge on any atom is -0.466 e. The molecule has 1 aliphatic carbocycles. The summed E-state index contributed by atoms with van der Waals surface area (Å²) in [7, 11) is 0. The number of rotatable bonds is 2. The van der Waals surface area contributed by atoms with E-state index in [2.05, 4.69) is 0 Å². The standard InChI is InChI=1S/C9H11O2.Na/c1-2-11-9(10)8-6-4-3-5-7-8;/h4-7H,2-3H2,1H3;/q;+1. The Morgan fingerprint density at radius 3 is 2.58 bits per heavy atom. The number of carbonyl (C=O) groups is 1. The molecule has 1 aliphatic rings. The quantitative estimate of drug-likeness (QED) is 0.370. The zero-order valence-electron chi connectivity index (χ0n) is 7.54. The summed E-state index contributed by atoms with van der Waals surface area (Å²) in [6.07, 6.45) is 8.36. The van der Waals surface area contributed by atoms with Crippen LogP contribution in [0.25, 0.3) is 0 Å². The molecule has 1 rings (SSSR count). The third-order valence-corrected chi connectivity index (χ3v) is 1.38. The van der Waals surface area contributed by atoms with Crippen LogP contribution >= 0.6 is 0 Å². The van der Waals surface area contributed by atoms with Crippen molar-refractivity contribution < 1.29 is 39.1 Å². The van der Waals surface area contributed by atoms with E-state index in [1.807, 2.05) is 12.8 Å². The molecule has 0 aliphatic heterocycles. The molecule has 0 spiro atoms. The van der Waals surface area contributed by atoms with Gasteiger partial charge in [-0.3, -0.25) is 4.79 Å². The van der Waals surface area contributed by atoms with Gasteiger partial charge in [0.2, 0.25) is 0 Å². The van der Waals surface area contributed by atoms with E-state index < -0.39 is 0 Å². The van der Waals surface area contributed by atoms with Crippen LogP contribution in [0.15, 0.2) is 0 Å². The first kappa shape index (κ1) is 12.5. The molecule has 0 aromatic rings. The van der Waals surface area contributed by atoms with Gasteiger partial charge >= 0.3 is 35.5 Å². The summed E-state index contributed by atoms with van der Waals surface area (Å²) in [4.78, 5) is 11.0. The third-order valence-electron chi connectivity index (χ3n) is 1.38. The number of carbonyl (C=O) groups excluding carboxylic acids is 1. The average Bonchev–Trinajstić information content (AvgIpc) is 2.07. The van der Waals surface area contributed by atoms with Crippen molar-refractivity contribution in [1.29, 1.82) is 0 Å². The van der Waals surface area contributed by atoms with Crippen LogP contribution < -0.4 is 29.6 Å². The minimum atomic E-state index is -0.236. The van der Waals surface area contributed by atoms with Crippen molar-refractivity contribution >= 4 is 5.97 Å². The monoisotopic (exact) mass is 174 g/mol. The van der Waals surface area contributed by atoms with Crippen molar-refractivity contribution in [2.24, 2.45) is 0 Å². The fourth-order valence-corrected chi connectivity index (χ4v) is 0.875. The van der Waals surface area contributed by atoms with Crippen LogP contribution in [0.5, 0.6) is 0 Å². The second kappa shape index (κ2) is 6.93. The van der Waals surface area contributed by atoms with Crippen molar-refractivity contribution in [3.8, 4) is 0 Å². The molecular formula is C9H11NaO2+. The molecule has 0 saturated heterocycles. The van der Waals surface area contributed by atoms with Crippen LogP contribution in [-0.4, -0.2) is 12.6 Å². The smallest absolute Gasteiger partial charge is 0.466 e. The molecule has 59 valence electrons. The summed E-state index contributed by atoms with van der Waals surface area (Å²) < 4.78 is 4.80. The van der Waals surface area contributed by atoms with Gasteiger partial charge in [0.1, 0.15) is 0 Å². The van der Waals surface area contributed by atoms with E-state index in [1.165, 1.54) is 0 Å². The SMILES string of the molecule is CCOC(=O)[C]1[CH][CH]C[CH][CH]1.[Na+]. The van der Waals surface area contributed by atoms with Crippen LogP contribution in [0.2, 0.25) is 0 Å². The van der Waals surface area contributed by atoms with Crippen LogP contribution in [-0.2, 0) is 9.53 Å². The fourth-order valence-electron chi connectivity index (χ4n) is 0.875. The van der Waals surface area contributed by atoms with Crippen LogP contribution in [0.4, 0.5) is 0 Å². The first-order chi connectivity index (χ1) is 5.34. The van der Waals surface area contributed by atoms with Crippen molar-refractivity contribution in [3.05, 3.63) is 31.6 Å². The summed E-state index contributed by atoms with van der Waals surface area (Å²) in [5.74, 6) is 0.401. The van der Waals surface area contributed by atoms with Gasteiger partial charge in [0.05, 0.1) is 12.5 Å². The Kier molecular flexibility index (Phi) is 7.20. The molecule has 1 fully saturated rings. The van der Waals surface area contributed by atoms with Gasteiger partial charge < -0.3 is 4.74 Å². The largest absolute Gasteiger partial charge is 1.00 e. The average molecular weight is 174 g/mol. The molecule has 1 saturated carbocycles. The van der Waals surface area contributed by atoms with Gasteiger partial charge in [-0.25, -0.2) is 0 Å². The second-order valence-corrected chi connectivity index (χ2v) is 2.22. The van der Waals surface area contributed by atoms with E-state index in [1.54, 1.807) is 19.8 Å². The summed E-state index contributed by atoms with van der Waals surface area (Å²) in [6, 6.07) is 0. The number of hydrogen-bond donors (Lipinski definition) is 0. The summed E-state index contributed by atoms with van der Waals surface area (Å²) in [5, 5.41) is 0. The molecule has 3 heteroatoms. The Morgan fingerprint density at radius 1 is 1.50 bits per heavy atom. The van der Waals surface area contributed by atoms with Gasteiger partial charge in [-0.1, -0.05) is 0 Å². The van der Waals surface area contributed by atoms with E-state index >= 15 is 0 Å². The number of esters is 1. The normalized spacial score (nSPS) is 18.1. The van der Waals surface area contributed by atoms with Crippen LogP contribution in [0.1, 0.15) is 13.3 Å². The molecule has 0 heterocycles. The first-order valence-electron chi connectivity index (χ1n) is 3.71. The second-order valence-electron chi connectivity index (χ2n) is 2.22. The van der Waals surface area contributed by atoms with Crippen molar-refractivity contribution in [1.82, 2.24) is 0 Å². The Balaban J connectivity index is 0.00000121. The molecule has 2 nitrogen and oxygen atoms in total. The number of hydrogen-bond acceptors (Lipinski definition) is 2. The van der Waals surface area contributed by atoms with E-state index in [0.717, 1.165) is 6.42 Å². The van der Waals surface area contributed by atoms with Gasteiger partial charge in [0, 0.05) is 0 Å². The van der Waals surface area contributed by atoms with E-state index in [4.69, 9.17) is 4.74 Å². The topological polar surface area (TPSA) is 26.3 Å². The molecule has 5 radical (unpaired) electrons. The predicted molar refractivity (Wildman–Crippen MR) is 41.7 cm³/mol. The third kappa shape index (κ3) is 3.92. The molecule has 0 unspecified atom stereocenters. The predicted octanol–water partition coefficient (Wildman–Crippen LogP) is -1.65. The number of ether oxygens (including phenoxy) is 1. The van der Waals surface area contributed by atoms with E-state index in [-0.39, 0.29) is 35.5 Å². The summed E-state index contributed by atoms with van der Waals surface area (Å²) in [5.41, 5.74) is 0. The fraction of sp³-hybridized carbons (Fsp3) is 0.333. The maximum Gasteiger partial charge on any atom is 1.00 e. The zero-order valence-corrected chi connectivity index (χ0v) is 9.54. The van der Waals surface area contributed by atoms with Gasteiger partial charge in [0.15, 0.2) is 0 Å². The Bertz CT molecular complexity index is 130. The Hall–Kier alpha value is 0.470. The van der Waals surface area contributed by atoms with Crippen molar-refractivity contribution in [3.63, 3.8) is 0 Å². The molecule has 0 atom stereocenters. The Morgan fingerprint density at radius 2 is 2.08 bits per heavy atom. The zero-order chi connectivity index (χ0) is 8.10. The van der Waals surface area contributed by atoms with Gasteiger partial charge in [0.25, 0.3) is 0 Å². The first-order valence-corrected chi connectivity index (χ1v) is 3.71. The van der Waals surface area contributed by atoms with Crippen LogP contribution in [0.3, 0.4) is 0 Å². The molecule has 12 heavy (non-hydrogen) atoms. The minimum absolute atomic E-state index is 0. The molecular weight excluding hydrogens is 163 g/mol. The maximum absolute atomic E-state index is 11.0. The molecule has 0 amide bonds. The molecule has 0 aromatic carbocycles. The van der Waals surface area contributed by atoms with Gasteiger partial charge in [-0.15, -0.1) is 0 Å². The van der Waals surface area contributed by atoms with Gasteiger partial charge in [-0.05, 0) is 39.0 Å². The van der Waals surface area contributed by atoms with E-state index in [9.17, 15) is 4.79 Å². The van der Waals surface area contributed by atoms with Gasteiger partial charge in [-0.2, -0.15) is 0 Å². The van der Waals surface area contributed by atoms with Crippen molar-refractivity contribution in [2.75, 3.05) is 6.61 Å². The van der Waals surface area contributed by atoms with Crippen LogP contribution in [0, 0.1) is 31.6 Å². The maximum atomic E-state index is 11.0. The van der Waals surface area contributed by atoms with Crippen molar-refractivity contribution in [2.45, 2.75) is 13.3 Å². The summed E-state index contributed by atoms with van der Waals surface area (Å²) >= 11 is 0. The Labute approximate surface area is 96.3 Å². The molecule has 0 bridgehead atoms. The van der Waals surface area contributed by atoms with E-state index in [0.29, 0.717) is 12.5 Å².